The van der Waals surface area contributed by atoms with Crippen molar-refractivity contribution in [2.75, 3.05) is 5.73 Å². The average Bonchev–Trinajstić information content (AvgIpc) is 2.03. The quantitative estimate of drug-likeness (QED) is 0.754. The Morgan fingerprint density at radius 2 is 2.23 bits per heavy atom. The van der Waals surface area contributed by atoms with Crippen molar-refractivity contribution in [2.24, 2.45) is 0 Å². The summed E-state index contributed by atoms with van der Waals surface area (Å²) in [6.45, 7) is 0. The lowest BCUT2D eigenvalue weighted by atomic mass is 10.2. The Morgan fingerprint density at radius 1 is 1.62 bits per heavy atom. The van der Waals surface area contributed by atoms with E-state index < -0.39 is 12.1 Å². The van der Waals surface area contributed by atoms with E-state index in [1.54, 1.807) is 0 Å². The zero-order valence-electron chi connectivity index (χ0n) is 6.30. The molecule has 13 heavy (non-hydrogen) atoms. The largest absolute Gasteiger partial charge is 0.397 e. The predicted octanol–water partition coefficient (Wildman–Crippen LogP) is 2.07. The fourth-order valence-corrected chi connectivity index (χ4v) is 0.994. The maximum absolute atomic E-state index is 12.2. The van der Waals surface area contributed by atoms with Crippen LogP contribution in [-0.2, 0) is 0 Å². The van der Waals surface area contributed by atoms with Crippen LogP contribution in [0.15, 0.2) is 6.07 Å². The highest BCUT2D eigenvalue weighted by atomic mass is 35.5. The molecule has 70 valence electrons. The maximum Gasteiger partial charge on any atom is 0.282 e. The molecule has 1 rings (SSSR count). The zero-order valence-corrected chi connectivity index (χ0v) is 7.05. The third kappa shape index (κ3) is 1.92. The minimum Gasteiger partial charge on any atom is -0.397 e. The van der Waals surface area contributed by atoms with Gasteiger partial charge in [0.05, 0.1) is 10.7 Å². The molecule has 0 saturated heterocycles. The van der Waals surface area contributed by atoms with Gasteiger partial charge in [0.1, 0.15) is 11.4 Å². The lowest BCUT2D eigenvalue weighted by Gasteiger charge is -2.04. The summed E-state index contributed by atoms with van der Waals surface area (Å²) >= 11 is 5.49. The second kappa shape index (κ2) is 3.66. The normalized spacial score (nSPS) is 10.5. The van der Waals surface area contributed by atoms with Crippen molar-refractivity contribution in [1.82, 2.24) is 4.98 Å². The van der Waals surface area contributed by atoms with Gasteiger partial charge < -0.3 is 5.73 Å². The highest BCUT2D eigenvalue weighted by Crippen LogP contribution is 2.26. The molecular formula is C7H5ClF2N2O. The van der Waals surface area contributed by atoms with Gasteiger partial charge in [0.25, 0.3) is 6.43 Å². The number of nitrogen functional groups attached to an aromatic ring is 1. The molecule has 0 aliphatic rings. The van der Waals surface area contributed by atoms with E-state index in [2.05, 4.69) is 4.98 Å². The third-order valence-corrected chi connectivity index (χ3v) is 1.68. The molecular weight excluding hydrogens is 202 g/mol. The number of hydrogen-bond donors (Lipinski definition) is 1. The first-order chi connectivity index (χ1) is 6.06. The van der Waals surface area contributed by atoms with E-state index in [0.29, 0.717) is 6.29 Å². The summed E-state index contributed by atoms with van der Waals surface area (Å²) in [7, 11) is 0. The van der Waals surface area contributed by atoms with E-state index in [0.717, 1.165) is 6.07 Å². The highest BCUT2D eigenvalue weighted by Gasteiger charge is 2.15. The molecule has 0 unspecified atom stereocenters. The molecule has 0 radical (unpaired) electrons. The fourth-order valence-electron chi connectivity index (χ4n) is 0.790. The first kappa shape index (κ1) is 9.85. The second-order valence-electron chi connectivity index (χ2n) is 2.25. The summed E-state index contributed by atoms with van der Waals surface area (Å²) in [5, 5.41) is -0.0306. The number of rotatable bonds is 2. The SMILES string of the molecule is Nc1cc(Cl)c(C=O)nc1C(F)F. The summed E-state index contributed by atoms with van der Waals surface area (Å²) in [4.78, 5) is 13.6. The Hall–Kier alpha value is -1.23. The number of nitrogens with zero attached hydrogens (tertiary/aromatic N) is 1. The number of aldehydes is 1. The van der Waals surface area contributed by atoms with Crippen LogP contribution in [0, 0.1) is 0 Å². The van der Waals surface area contributed by atoms with Gasteiger partial charge >= 0.3 is 0 Å². The van der Waals surface area contributed by atoms with Crippen LogP contribution in [0.4, 0.5) is 14.5 Å². The summed E-state index contributed by atoms with van der Waals surface area (Å²) in [5.74, 6) is 0. The molecule has 1 aromatic heterocycles. The standard InChI is InChI=1S/C7H5ClF2N2O/c8-3-1-4(11)6(7(9)10)12-5(3)2-13/h1-2,7H,11H2. The zero-order chi connectivity index (χ0) is 10.0. The van der Waals surface area contributed by atoms with Gasteiger partial charge in [0, 0.05) is 0 Å². The summed E-state index contributed by atoms with van der Waals surface area (Å²) < 4.78 is 24.3. The van der Waals surface area contributed by atoms with Crippen molar-refractivity contribution in [1.29, 1.82) is 0 Å². The minimum absolute atomic E-state index is 0.0306. The number of halogens is 3. The molecule has 0 saturated carbocycles. The Bertz CT molecular complexity index is 344. The molecule has 0 bridgehead atoms. The fraction of sp³-hybridized carbons (Fsp3) is 0.143. The van der Waals surface area contributed by atoms with E-state index in [9.17, 15) is 13.6 Å². The van der Waals surface area contributed by atoms with Crippen LogP contribution in [0.1, 0.15) is 22.6 Å². The number of aromatic nitrogens is 1. The lowest BCUT2D eigenvalue weighted by molar-refractivity contribution is 0.111. The third-order valence-electron chi connectivity index (χ3n) is 1.38. The van der Waals surface area contributed by atoms with Crippen molar-refractivity contribution < 1.29 is 13.6 Å². The van der Waals surface area contributed by atoms with Crippen LogP contribution in [0.25, 0.3) is 0 Å². The number of anilines is 1. The molecule has 6 heteroatoms. The summed E-state index contributed by atoms with van der Waals surface area (Å²) in [6.07, 6.45) is -2.51. The summed E-state index contributed by atoms with van der Waals surface area (Å²) in [5.41, 5.74) is 4.14. The molecule has 0 atom stereocenters. The van der Waals surface area contributed by atoms with Crippen molar-refractivity contribution >= 4 is 23.6 Å². The topological polar surface area (TPSA) is 56.0 Å². The monoisotopic (exact) mass is 206 g/mol. The first-order valence-electron chi connectivity index (χ1n) is 3.25. The van der Waals surface area contributed by atoms with Gasteiger partial charge in [0.15, 0.2) is 6.29 Å². The second-order valence-corrected chi connectivity index (χ2v) is 2.66. The van der Waals surface area contributed by atoms with Crippen molar-refractivity contribution in [3.8, 4) is 0 Å². The maximum atomic E-state index is 12.2. The number of alkyl halides is 2. The number of carbonyl (C=O) groups excluding carboxylic acids is 1. The molecule has 0 aliphatic carbocycles. The minimum atomic E-state index is -2.81. The van der Waals surface area contributed by atoms with Gasteiger partial charge in [-0.25, -0.2) is 13.8 Å². The number of carbonyl (C=O) groups is 1. The highest BCUT2D eigenvalue weighted by molar-refractivity contribution is 6.32. The van der Waals surface area contributed by atoms with E-state index in [1.807, 2.05) is 0 Å². The van der Waals surface area contributed by atoms with Gasteiger partial charge in [-0.2, -0.15) is 0 Å². The van der Waals surface area contributed by atoms with Crippen LogP contribution in [0.3, 0.4) is 0 Å². The smallest absolute Gasteiger partial charge is 0.282 e. The molecule has 0 amide bonds. The number of pyridine rings is 1. The van der Waals surface area contributed by atoms with Crippen molar-refractivity contribution in [2.45, 2.75) is 6.43 Å². The molecule has 1 heterocycles. The van der Waals surface area contributed by atoms with E-state index >= 15 is 0 Å². The lowest BCUT2D eigenvalue weighted by Crippen LogP contribution is -2.02. The van der Waals surface area contributed by atoms with Gasteiger partial charge in [-0.05, 0) is 6.07 Å². The molecule has 0 aromatic carbocycles. The number of hydrogen-bond acceptors (Lipinski definition) is 3. The summed E-state index contributed by atoms with van der Waals surface area (Å²) in [6, 6.07) is 1.08. The van der Waals surface area contributed by atoms with Crippen molar-refractivity contribution in [3.63, 3.8) is 0 Å². The van der Waals surface area contributed by atoms with Gasteiger partial charge in [0.2, 0.25) is 0 Å². The van der Waals surface area contributed by atoms with Crippen LogP contribution in [-0.4, -0.2) is 11.3 Å². The van der Waals surface area contributed by atoms with E-state index in [-0.39, 0.29) is 16.4 Å². The molecule has 0 spiro atoms. The number of nitrogens with two attached hydrogens (primary N) is 1. The first-order valence-corrected chi connectivity index (χ1v) is 3.63. The van der Waals surface area contributed by atoms with Crippen LogP contribution in [0.2, 0.25) is 5.02 Å². The predicted molar refractivity (Wildman–Crippen MR) is 44.0 cm³/mol. The van der Waals surface area contributed by atoms with E-state index in [4.69, 9.17) is 17.3 Å². The van der Waals surface area contributed by atoms with E-state index in [1.165, 1.54) is 0 Å². The molecule has 0 fully saturated rings. The van der Waals surface area contributed by atoms with Crippen molar-refractivity contribution in [3.05, 3.63) is 22.5 Å². The van der Waals surface area contributed by atoms with Gasteiger partial charge in [-0.15, -0.1) is 0 Å². The van der Waals surface area contributed by atoms with Crippen LogP contribution < -0.4 is 5.73 Å². The Kier molecular flexibility index (Phi) is 2.77. The molecule has 2 N–H and O–H groups in total. The van der Waals surface area contributed by atoms with Gasteiger partial charge in [-0.1, -0.05) is 11.6 Å². The Balaban J connectivity index is 3.30. The van der Waals surface area contributed by atoms with Crippen LogP contribution in [0.5, 0.6) is 0 Å². The Labute approximate surface area is 77.5 Å². The molecule has 1 aromatic rings. The Morgan fingerprint density at radius 3 is 2.69 bits per heavy atom. The molecule has 0 aliphatic heterocycles. The average molecular weight is 207 g/mol. The van der Waals surface area contributed by atoms with Gasteiger partial charge in [-0.3, -0.25) is 4.79 Å². The van der Waals surface area contributed by atoms with Crippen LogP contribution >= 0.6 is 11.6 Å². The molecule has 3 nitrogen and oxygen atoms in total.